The van der Waals surface area contributed by atoms with E-state index in [9.17, 15) is 9.59 Å². The lowest BCUT2D eigenvalue weighted by atomic mass is 10.1. The van der Waals surface area contributed by atoms with E-state index >= 15 is 0 Å². The molecule has 1 amide bonds. The molecule has 0 saturated carbocycles. The highest BCUT2D eigenvalue weighted by atomic mass is 16.5. The summed E-state index contributed by atoms with van der Waals surface area (Å²) < 4.78 is 9.57. The minimum absolute atomic E-state index is 0.0737. The van der Waals surface area contributed by atoms with Crippen LogP contribution in [-0.2, 0) is 14.3 Å². The van der Waals surface area contributed by atoms with Gasteiger partial charge in [-0.15, -0.1) is 0 Å². The van der Waals surface area contributed by atoms with Gasteiger partial charge < -0.3 is 14.8 Å². The fourth-order valence-corrected chi connectivity index (χ4v) is 1.68. The van der Waals surface area contributed by atoms with Crippen LogP contribution >= 0.6 is 0 Å². The van der Waals surface area contributed by atoms with Crippen LogP contribution in [0.3, 0.4) is 0 Å². The Labute approximate surface area is 112 Å². The van der Waals surface area contributed by atoms with Crippen molar-refractivity contribution in [2.24, 2.45) is 5.92 Å². The second-order valence-electron chi connectivity index (χ2n) is 4.38. The fraction of sp³-hybridized carbons (Fsp3) is 0.429. The van der Waals surface area contributed by atoms with E-state index in [-0.39, 0.29) is 11.8 Å². The third-order valence-electron chi connectivity index (χ3n) is 2.57. The number of benzene rings is 1. The Morgan fingerprint density at radius 3 is 2.37 bits per heavy atom. The van der Waals surface area contributed by atoms with Crippen LogP contribution in [0.25, 0.3) is 0 Å². The molecule has 1 atom stereocenters. The highest BCUT2D eigenvalue weighted by molar-refractivity contribution is 5.93. The minimum Gasteiger partial charge on any atom is -0.465 e. The topological polar surface area (TPSA) is 64.6 Å². The van der Waals surface area contributed by atoms with Crippen molar-refractivity contribution in [3.05, 3.63) is 29.8 Å². The predicted octanol–water partition coefficient (Wildman–Crippen LogP) is 2.08. The van der Waals surface area contributed by atoms with Gasteiger partial charge in [-0.2, -0.15) is 0 Å². The Morgan fingerprint density at radius 1 is 1.21 bits per heavy atom. The summed E-state index contributed by atoms with van der Waals surface area (Å²) in [6.07, 6.45) is 0.395. The number of carbonyl (C=O) groups is 2. The van der Waals surface area contributed by atoms with Gasteiger partial charge in [-0.25, -0.2) is 4.79 Å². The molecule has 5 heteroatoms. The normalized spacial score (nSPS) is 11.7. The number of amides is 1. The molecule has 0 radical (unpaired) electrons. The van der Waals surface area contributed by atoms with E-state index < -0.39 is 5.97 Å². The fourth-order valence-electron chi connectivity index (χ4n) is 1.68. The number of nitrogens with one attached hydrogen (secondary N) is 1. The molecule has 1 aromatic carbocycles. The molecule has 0 fully saturated rings. The molecule has 0 aromatic heterocycles. The van der Waals surface area contributed by atoms with Gasteiger partial charge >= 0.3 is 5.97 Å². The van der Waals surface area contributed by atoms with E-state index in [0.717, 1.165) is 0 Å². The van der Waals surface area contributed by atoms with Gasteiger partial charge in [-0.3, -0.25) is 4.79 Å². The van der Waals surface area contributed by atoms with E-state index in [4.69, 9.17) is 4.74 Å². The van der Waals surface area contributed by atoms with Crippen LogP contribution in [0, 0.1) is 5.92 Å². The Balaban J connectivity index is 2.53. The zero-order valence-corrected chi connectivity index (χ0v) is 11.4. The Bertz CT molecular complexity index is 428. The van der Waals surface area contributed by atoms with Crippen molar-refractivity contribution in [3.8, 4) is 0 Å². The molecule has 1 rings (SSSR count). The smallest absolute Gasteiger partial charge is 0.337 e. The highest BCUT2D eigenvalue weighted by Crippen LogP contribution is 2.12. The van der Waals surface area contributed by atoms with Crippen LogP contribution in [0.1, 0.15) is 23.7 Å². The van der Waals surface area contributed by atoms with Gasteiger partial charge in [0.2, 0.25) is 5.91 Å². The zero-order chi connectivity index (χ0) is 14.3. The number of esters is 1. The van der Waals surface area contributed by atoms with E-state index in [2.05, 4.69) is 10.1 Å². The number of hydrogen-bond donors (Lipinski definition) is 1. The lowest BCUT2D eigenvalue weighted by Crippen LogP contribution is -2.17. The molecule has 19 heavy (non-hydrogen) atoms. The number of ether oxygens (including phenoxy) is 2. The number of hydrogen-bond acceptors (Lipinski definition) is 4. The van der Waals surface area contributed by atoms with Gasteiger partial charge in [0.25, 0.3) is 0 Å². The maximum absolute atomic E-state index is 11.7. The number of anilines is 1. The average Bonchev–Trinajstić information content (AvgIpc) is 2.38. The average molecular weight is 265 g/mol. The summed E-state index contributed by atoms with van der Waals surface area (Å²) >= 11 is 0. The third-order valence-corrected chi connectivity index (χ3v) is 2.57. The quantitative estimate of drug-likeness (QED) is 0.800. The number of carbonyl (C=O) groups excluding carboxylic acids is 2. The molecular formula is C14H19NO4. The molecule has 0 heterocycles. The summed E-state index contributed by atoms with van der Waals surface area (Å²) in [5.41, 5.74) is 1.11. The molecule has 0 aliphatic carbocycles. The first kappa shape index (κ1) is 15.2. The van der Waals surface area contributed by atoms with Gasteiger partial charge in [-0.1, -0.05) is 6.92 Å². The van der Waals surface area contributed by atoms with Crippen LogP contribution in [0.5, 0.6) is 0 Å². The van der Waals surface area contributed by atoms with Crippen molar-refractivity contribution >= 4 is 17.6 Å². The largest absolute Gasteiger partial charge is 0.465 e. The first-order valence-electron chi connectivity index (χ1n) is 6.04. The molecule has 1 aromatic rings. The van der Waals surface area contributed by atoms with Gasteiger partial charge in [0.1, 0.15) is 0 Å². The van der Waals surface area contributed by atoms with Crippen LogP contribution in [0.2, 0.25) is 0 Å². The first-order chi connectivity index (χ1) is 9.06. The van der Waals surface area contributed by atoms with Crippen molar-refractivity contribution in [2.45, 2.75) is 13.3 Å². The number of methoxy groups -OCH3 is 2. The lowest BCUT2D eigenvalue weighted by molar-refractivity contribution is -0.117. The Morgan fingerprint density at radius 2 is 1.84 bits per heavy atom. The lowest BCUT2D eigenvalue weighted by Gasteiger charge is -2.10. The summed E-state index contributed by atoms with van der Waals surface area (Å²) in [6.45, 7) is 2.50. The van der Waals surface area contributed by atoms with Crippen molar-refractivity contribution in [1.29, 1.82) is 0 Å². The van der Waals surface area contributed by atoms with Crippen molar-refractivity contribution in [2.75, 3.05) is 26.1 Å². The second-order valence-corrected chi connectivity index (χ2v) is 4.38. The maximum atomic E-state index is 11.7. The van der Waals surface area contributed by atoms with Crippen molar-refractivity contribution in [3.63, 3.8) is 0 Å². The molecule has 5 nitrogen and oxygen atoms in total. The molecule has 0 aliphatic heterocycles. The second kappa shape index (κ2) is 7.53. The third kappa shape index (κ3) is 5.09. The SMILES string of the molecule is COCC(C)CC(=O)Nc1ccc(C(=O)OC)cc1. The Hall–Kier alpha value is -1.88. The van der Waals surface area contributed by atoms with Crippen LogP contribution in [-0.4, -0.2) is 32.7 Å². The maximum Gasteiger partial charge on any atom is 0.337 e. The summed E-state index contributed by atoms with van der Waals surface area (Å²) in [5, 5.41) is 2.77. The predicted molar refractivity (Wildman–Crippen MR) is 72.1 cm³/mol. The van der Waals surface area contributed by atoms with Gasteiger partial charge in [-0.05, 0) is 30.2 Å². The molecule has 1 unspecified atom stereocenters. The van der Waals surface area contributed by atoms with Crippen molar-refractivity contribution < 1.29 is 19.1 Å². The van der Waals surface area contributed by atoms with Gasteiger partial charge in [0.15, 0.2) is 0 Å². The molecule has 0 bridgehead atoms. The monoisotopic (exact) mass is 265 g/mol. The van der Waals surface area contributed by atoms with E-state index in [1.807, 2.05) is 6.92 Å². The van der Waals surface area contributed by atoms with Crippen molar-refractivity contribution in [1.82, 2.24) is 0 Å². The molecule has 1 N–H and O–H groups in total. The summed E-state index contributed by atoms with van der Waals surface area (Å²) in [6, 6.07) is 6.57. The summed E-state index contributed by atoms with van der Waals surface area (Å²) in [4.78, 5) is 23.0. The molecule has 0 spiro atoms. The number of rotatable bonds is 6. The van der Waals surface area contributed by atoms with Crippen LogP contribution in [0.15, 0.2) is 24.3 Å². The zero-order valence-electron chi connectivity index (χ0n) is 11.4. The van der Waals surface area contributed by atoms with Gasteiger partial charge in [0.05, 0.1) is 12.7 Å². The van der Waals surface area contributed by atoms with Crippen LogP contribution < -0.4 is 5.32 Å². The summed E-state index contributed by atoms with van der Waals surface area (Å²) in [5.74, 6) is -0.304. The molecule has 0 saturated heterocycles. The molecule has 0 aliphatic rings. The van der Waals surface area contributed by atoms with E-state index in [0.29, 0.717) is 24.3 Å². The highest BCUT2D eigenvalue weighted by Gasteiger charge is 2.10. The molecule has 104 valence electrons. The standard InChI is InChI=1S/C14H19NO4/c1-10(9-18-2)8-13(16)15-12-6-4-11(5-7-12)14(17)19-3/h4-7,10H,8-9H2,1-3H3,(H,15,16). The Kier molecular flexibility index (Phi) is 6.02. The van der Waals surface area contributed by atoms with E-state index in [1.54, 1.807) is 31.4 Å². The van der Waals surface area contributed by atoms with Gasteiger partial charge in [0, 0.05) is 25.8 Å². The molecular weight excluding hydrogens is 246 g/mol. The van der Waals surface area contributed by atoms with E-state index in [1.165, 1.54) is 7.11 Å². The first-order valence-corrected chi connectivity index (χ1v) is 6.04. The minimum atomic E-state index is -0.397. The summed E-state index contributed by atoms with van der Waals surface area (Å²) in [7, 11) is 2.94. The van der Waals surface area contributed by atoms with Crippen LogP contribution in [0.4, 0.5) is 5.69 Å².